The number of nitrogens with one attached hydrogen (secondary N) is 1. The van der Waals surface area contributed by atoms with Crippen LogP contribution in [0.3, 0.4) is 0 Å². The Bertz CT molecular complexity index is 1330. The minimum Gasteiger partial charge on any atom is -0.460 e. The lowest BCUT2D eigenvalue weighted by Crippen LogP contribution is -2.60. The topological polar surface area (TPSA) is 129 Å². The van der Waals surface area contributed by atoms with Gasteiger partial charge in [0.2, 0.25) is 11.8 Å². The molecule has 0 aromatic heterocycles. The second kappa shape index (κ2) is 16.1. The molecular weight excluding hydrogens is 612 g/mol. The van der Waals surface area contributed by atoms with Gasteiger partial charge in [-0.1, -0.05) is 32.4 Å². The Balaban J connectivity index is 1.68. The second-order valence-corrected chi connectivity index (χ2v) is 13.2. The van der Waals surface area contributed by atoms with Crippen molar-refractivity contribution in [1.82, 2.24) is 10.2 Å². The van der Waals surface area contributed by atoms with E-state index in [0.29, 0.717) is 31.4 Å². The molecule has 48 heavy (non-hydrogen) atoms. The molecule has 1 aromatic carbocycles. The van der Waals surface area contributed by atoms with Gasteiger partial charge in [-0.15, -0.1) is 13.2 Å². The Kier molecular flexibility index (Phi) is 12.5. The number of anilines is 2. The van der Waals surface area contributed by atoms with Crippen molar-refractivity contribution in [2.45, 2.75) is 96.6 Å². The fraction of sp³-hybridized carbons (Fsp3) is 0.622. The van der Waals surface area contributed by atoms with Crippen molar-refractivity contribution < 1.29 is 33.8 Å². The predicted molar refractivity (Wildman–Crippen MR) is 185 cm³/mol. The average Bonchev–Trinajstić information content (AvgIpc) is 3.73. The van der Waals surface area contributed by atoms with Gasteiger partial charge in [-0.05, 0) is 70.2 Å². The van der Waals surface area contributed by atoms with Gasteiger partial charge in [0, 0.05) is 37.4 Å². The molecular formula is C37H54N4O7. The Morgan fingerprint density at radius 1 is 1.12 bits per heavy atom. The first-order chi connectivity index (χ1) is 23.0. The fourth-order valence-corrected chi connectivity index (χ4v) is 7.74. The summed E-state index contributed by atoms with van der Waals surface area (Å²) >= 11 is 0. The highest BCUT2D eigenvalue weighted by Crippen LogP contribution is 2.59. The largest absolute Gasteiger partial charge is 0.460 e. The molecule has 1 aromatic rings. The molecule has 3 aliphatic rings. The second-order valence-electron chi connectivity index (χ2n) is 13.2. The van der Waals surface area contributed by atoms with Crippen LogP contribution >= 0.6 is 0 Å². The summed E-state index contributed by atoms with van der Waals surface area (Å²) < 4.78 is 12.4. The number of hydrogen-bond acceptors (Lipinski definition) is 8. The highest BCUT2D eigenvalue weighted by atomic mass is 16.6. The molecule has 0 radical (unpaired) electrons. The van der Waals surface area contributed by atoms with Crippen molar-refractivity contribution in [1.29, 1.82) is 0 Å². The summed E-state index contributed by atoms with van der Waals surface area (Å²) in [7, 11) is 0. The van der Waals surface area contributed by atoms with Gasteiger partial charge in [0.25, 0.3) is 5.91 Å². The first kappa shape index (κ1) is 37.1. The Labute approximate surface area is 285 Å². The van der Waals surface area contributed by atoms with Gasteiger partial charge in [0.15, 0.2) is 0 Å². The van der Waals surface area contributed by atoms with E-state index in [0.717, 1.165) is 18.8 Å². The highest BCUT2D eigenvalue weighted by molar-refractivity contribution is 6.05. The molecule has 2 bridgehead atoms. The number of likely N-dealkylation sites (tertiary alicyclic amines) is 1. The number of aliphatic hydroxyl groups is 1. The third-order valence-electron chi connectivity index (χ3n) is 10.4. The lowest BCUT2D eigenvalue weighted by atomic mass is 9.70. The summed E-state index contributed by atoms with van der Waals surface area (Å²) in [6.45, 7) is 19.0. The van der Waals surface area contributed by atoms with Gasteiger partial charge in [-0.25, -0.2) is 0 Å². The van der Waals surface area contributed by atoms with E-state index >= 15 is 0 Å². The number of hydrogen-bond donors (Lipinski definition) is 2. The maximum Gasteiger partial charge on any atom is 0.312 e. The van der Waals surface area contributed by atoms with Gasteiger partial charge >= 0.3 is 5.97 Å². The van der Waals surface area contributed by atoms with Crippen molar-refractivity contribution in [3.8, 4) is 0 Å². The average molecular weight is 667 g/mol. The normalized spacial score (nSPS) is 26.0. The molecule has 0 aliphatic carbocycles. The number of carbonyl (C=O) groups excluding carboxylic acids is 4. The number of nitrogens with zero attached hydrogens (tertiary/aromatic N) is 3. The number of carbonyl (C=O) groups is 4. The molecule has 8 atom stereocenters. The van der Waals surface area contributed by atoms with Crippen molar-refractivity contribution >= 4 is 35.1 Å². The lowest BCUT2D eigenvalue weighted by molar-refractivity contribution is -0.160. The highest BCUT2D eigenvalue weighted by Gasteiger charge is 2.76. The quantitative estimate of drug-likeness (QED) is 0.179. The van der Waals surface area contributed by atoms with Crippen LogP contribution in [0.4, 0.5) is 11.4 Å². The van der Waals surface area contributed by atoms with E-state index in [1.165, 1.54) is 4.90 Å². The molecule has 0 saturated carbocycles. The van der Waals surface area contributed by atoms with E-state index in [1.54, 1.807) is 24.0 Å². The van der Waals surface area contributed by atoms with Crippen molar-refractivity contribution in [3.05, 3.63) is 49.6 Å². The molecule has 3 fully saturated rings. The zero-order chi connectivity index (χ0) is 35.2. The maximum absolute atomic E-state index is 14.9. The molecule has 1 spiro atoms. The lowest BCUT2D eigenvalue weighted by Gasteiger charge is -2.41. The van der Waals surface area contributed by atoms with E-state index in [2.05, 4.69) is 37.2 Å². The summed E-state index contributed by atoms with van der Waals surface area (Å²) in [6, 6.07) is 6.03. The van der Waals surface area contributed by atoms with Crippen molar-refractivity contribution in [3.63, 3.8) is 0 Å². The molecule has 4 rings (SSSR count). The van der Waals surface area contributed by atoms with Crippen LogP contribution in [-0.2, 0) is 28.7 Å². The number of allylic oxidation sites excluding steroid dienone is 1. The molecule has 11 nitrogen and oxygen atoms in total. The molecule has 2 N–H and O–H groups in total. The van der Waals surface area contributed by atoms with Gasteiger partial charge in [-0.3, -0.25) is 19.2 Å². The standard InChI is InChI=1S/C37H54N4O7/c1-8-13-14-30(43)38-22-25(7)47-36(46)31-29-19-20-37(48-29)32(31)34(44)41(28(23-42)24(6)10-3)33(37)35(45)40(21-9-2)27-17-15-26(16-18-27)39(11-4)12-5/h8-9,15-18,24-25,28-29,31-33,42H,1-2,10-14,19-23H2,3-7H3,(H,38,43)/t24-,25+,28-,29-,31+,32+,33-,37+/m0/s1. The van der Waals surface area contributed by atoms with E-state index in [4.69, 9.17) is 9.47 Å². The van der Waals surface area contributed by atoms with Crippen LogP contribution in [0.15, 0.2) is 49.6 Å². The summed E-state index contributed by atoms with van der Waals surface area (Å²) in [4.78, 5) is 60.7. The van der Waals surface area contributed by atoms with Crippen LogP contribution in [0.1, 0.15) is 66.7 Å². The zero-order valence-electron chi connectivity index (χ0n) is 29.2. The number of fused-ring (bicyclic) bond motifs is 1. The van der Waals surface area contributed by atoms with E-state index < -0.39 is 47.7 Å². The SMILES string of the molecule is C=CCCC(=O)NC[C@@H](C)OC(=O)[C@@H]1[C@@H]2CC[C@]3(O2)[C@H](C(=O)N(CC=C)c2ccc(N(CC)CC)cc2)N([C@@H](CO)[C@@H](C)CC)C(=O)[C@@H]13. The summed E-state index contributed by atoms with van der Waals surface area (Å²) in [5.74, 6) is -3.46. The predicted octanol–water partition coefficient (Wildman–Crippen LogP) is 3.85. The smallest absolute Gasteiger partial charge is 0.312 e. The van der Waals surface area contributed by atoms with Gasteiger partial charge < -0.3 is 34.6 Å². The van der Waals surface area contributed by atoms with E-state index in [1.807, 2.05) is 38.1 Å². The van der Waals surface area contributed by atoms with E-state index in [-0.39, 0.29) is 49.8 Å². The van der Waals surface area contributed by atoms with Gasteiger partial charge in [0.1, 0.15) is 17.7 Å². The first-order valence-corrected chi connectivity index (χ1v) is 17.5. The number of rotatable bonds is 18. The van der Waals surface area contributed by atoms with Crippen LogP contribution in [0.2, 0.25) is 0 Å². The first-order valence-electron chi connectivity index (χ1n) is 17.5. The van der Waals surface area contributed by atoms with Crippen LogP contribution in [0.5, 0.6) is 0 Å². The van der Waals surface area contributed by atoms with Gasteiger partial charge in [0.05, 0.1) is 37.1 Å². The third kappa shape index (κ3) is 7.03. The third-order valence-corrected chi connectivity index (χ3v) is 10.4. The van der Waals surface area contributed by atoms with Gasteiger partial charge in [-0.2, -0.15) is 0 Å². The number of amides is 3. The molecule has 3 aliphatic heterocycles. The number of aliphatic hydroxyl groups excluding tert-OH is 1. The Morgan fingerprint density at radius 2 is 1.79 bits per heavy atom. The van der Waals surface area contributed by atoms with Crippen LogP contribution < -0.4 is 15.1 Å². The minimum absolute atomic E-state index is 0.126. The number of benzene rings is 1. The van der Waals surface area contributed by atoms with Crippen molar-refractivity contribution in [2.24, 2.45) is 17.8 Å². The zero-order valence-corrected chi connectivity index (χ0v) is 29.2. The van der Waals surface area contributed by atoms with Crippen LogP contribution in [0, 0.1) is 17.8 Å². The Morgan fingerprint density at radius 3 is 2.38 bits per heavy atom. The fourth-order valence-electron chi connectivity index (χ4n) is 7.74. The number of esters is 1. The summed E-state index contributed by atoms with van der Waals surface area (Å²) in [6.07, 6.45) is 4.49. The molecule has 0 unspecified atom stereocenters. The molecule has 11 heteroatoms. The Hall–Kier alpha value is -3.70. The van der Waals surface area contributed by atoms with Crippen molar-refractivity contribution in [2.75, 3.05) is 42.6 Å². The summed E-state index contributed by atoms with van der Waals surface area (Å²) in [5, 5.41) is 13.4. The maximum atomic E-state index is 14.9. The molecule has 264 valence electrons. The van der Waals surface area contributed by atoms with Crippen LogP contribution in [-0.4, -0.2) is 96.4 Å². The van der Waals surface area contributed by atoms with E-state index in [9.17, 15) is 24.3 Å². The molecule has 3 amide bonds. The van der Waals surface area contributed by atoms with Crippen LogP contribution in [0.25, 0.3) is 0 Å². The summed E-state index contributed by atoms with van der Waals surface area (Å²) in [5.41, 5.74) is 0.430. The number of ether oxygens (including phenoxy) is 2. The minimum atomic E-state index is -1.26. The molecule has 3 saturated heterocycles. The molecule has 3 heterocycles. The monoisotopic (exact) mass is 666 g/mol.